The van der Waals surface area contributed by atoms with Crippen molar-refractivity contribution in [3.05, 3.63) is 111 Å². The number of rotatable bonds is 4. The molecule has 0 spiro atoms. The van der Waals surface area contributed by atoms with Gasteiger partial charge < -0.3 is 14.8 Å². The molecule has 2 amide bonds. The molecule has 7 heteroatoms. The topological polar surface area (TPSA) is 71.4 Å². The summed E-state index contributed by atoms with van der Waals surface area (Å²) in [4.78, 5) is 40.7. The highest BCUT2D eigenvalue weighted by Gasteiger charge is 2.37. The second kappa shape index (κ2) is 9.33. The van der Waals surface area contributed by atoms with Crippen molar-refractivity contribution in [2.24, 2.45) is 5.92 Å². The van der Waals surface area contributed by atoms with Gasteiger partial charge in [-0.05, 0) is 61.2 Å². The second-order valence-electron chi connectivity index (χ2n) is 9.34. The Balaban J connectivity index is 1.44. The lowest BCUT2D eigenvalue weighted by Gasteiger charge is -2.43. The third kappa shape index (κ3) is 4.80. The first-order valence-electron chi connectivity index (χ1n) is 11.7. The molecule has 0 saturated carbocycles. The maximum absolute atomic E-state index is 13.8. The van der Waals surface area contributed by atoms with Gasteiger partial charge >= 0.3 is 0 Å². The number of hydrogen-bond acceptors (Lipinski definition) is 3. The summed E-state index contributed by atoms with van der Waals surface area (Å²) in [5, 5.41) is 2.77. The molecule has 0 radical (unpaired) electrons. The first-order valence-corrected chi connectivity index (χ1v) is 11.7. The summed E-state index contributed by atoms with van der Waals surface area (Å²) < 4.78 is 15.6. The zero-order chi connectivity index (χ0) is 24.5. The van der Waals surface area contributed by atoms with Crippen LogP contribution in [0, 0.1) is 18.7 Å². The standard InChI is InChI=1S/C28H26FN3O3/c1-18-8-10-21(11-9-18)27(34)30-24(14-19-4-2-5-23(29)13-19)28(35)31-15-20-12-22(17-31)25-6-3-7-26(33)32(25)16-20/h2-11,13-14,20,22H,12,15-17H2,1H3,(H,30,34)/b24-14-/t20-,22+/m1/s1. The smallest absolute Gasteiger partial charge is 0.270 e. The fourth-order valence-electron chi connectivity index (χ4n) is 5.05. The molecule has 2 atom stereocenters. The van der Waals surface area contributed by atoms with E-state index >= 15 is 0 Å². The van der Waals surface area contributed by atoms with Crippen LogP contribution in [0.2, 0.25) is 0 Å². The van der Waals surface area contributed by atoms with Crippen LogP contribution in [0.4, 0.5) is 4.39 Å². The Labute approximate surface area is 202 Å². The summed E-state index contributed by atoms with van der Waals surface area (Å²) in [6, 6.07) is 18.2. The monoisotopic (exact) mass is 471 g/mol. The van der Waals surface area contributed by atoms with Crippen molar-refractivity contribution in [2.75, 3.05) is 13.1 Å². The molecule has 1 fully saturated rings. The Morgan fingerprint density at radius 2 is 1.77 bits per heavy atom. The molecule has 5 rings (SSSR count). The molecule has 3 heterocycles. The molecule has 2 aliphatic heterocycles. The predicted octanol–water partition coefficient (Wildman–Crippen LogP) is 3.71. The van der Waals surface area contributed by atoms with E-state index in [2.05, 4.69) is 5.32 Å². The Bertz CT molecular complexity index is 1380. The summed E-state index contributed by atoms with van der Waals surface area (Å²) >= 11 is 0. The molecule has 0 aliphatic carbocycles. The third-order valence-electron chi connectivity index (χ3n) is 6.72. The zero-order valence-electron chi connectivity index (χ0n) is 19.4. The maximum Gasteiger partial charge on any atom is 0.270 e. The minimum absolute atomic E-state index is 0.0194. The van der Waals surface area contributed by atoms with Crippen molar-refractivity contribution >= 4 is 17.9 Å². The third-order valence-corrected chi connectivity index (χ3v) is 6.72. The van der Waals surface area contributed by atoms with Gasteiger partial charge in [0.15, 0.2) is 0 Å². The number of hydrogen-bond donors (Lipinski definition) is 1. The number of aryl methyl sites for hydroxylation is 1. The molecular formula is C28H26FN3O3. The van der Waals surface area contributed by atoms with Crippen LogP contribution in [0.5, 0.6) is 0 Å². The van der Waals surface area contributed by atoms with Gasteiger partial charge in [-0.15, -0.1) is 0 Å². The molecule has 0 unspecified atom stereocenters. The summed E-state index contributed by atoms with van der Waals surface area (Å²) in [7, 11) is 0. The van der Waals surface area contributed by atoms with E-state index in [9.17, 15) is 18.8 Å². The van der Waals surface area contributed by atoms with E-state index in [1.165, 1.54) is 18.2 Å². The van der Waals surface area contributed by atoms with Gasteiger partial charge in [-0.25, -0.2) is 4.39 Å². The molecule has 3 aromatic rings. The highest BCUT2D eigenvalue weighted by atomic mass is 19.1. The van der Waals surface area contributed by atoms with Crippen LogP contribution in [0.25, 0.3) is 6.08 Å². The largest absolute Gasteiger partial charge is 0.336 e. The van der Waals surface area contributed by atoms with Crippen molar-refractivity contribution < 1.29 is 14.0 Å². The van der Waals surface area contributed by atoms with Gasteiger partial charge in [0, 0.05) is 42.9 Å². The van der Waals surface area contributed by atoms with Crippen LogP contribution < -0.4 is 10.9 Å². The molecule has 1 N–H and O–H groups in total. The molecule has 6 nitrogen and oxygen atoms in total. The molecular weight excluding hydrogens is 445 g/mol. The second-order valence-corrected chi connectivity index (χ2v) is 9.34. The van der Waals surface area contributed by atoms with Crippen molar-refractivity contribution in [3.8, 4) is 0 Å². The van der Waals surface area contributed by atoms with Crippen LogP contribution >= 0.6 is 0 Å². The number of amides is 2. The number of carbonyl (C=O) groups is 2. The van der Waals surface area contributed by atoms with Crippen LogP contribution in [0.3, 0.4) is 0 Å². The van der Waals surface area contributed by atoms with Gasteiger partial charge in [0.05, 0.1) is 0 Å². The molecule has 1 saturated heterocycles. The number of benzene rings is 2. The fourth-order valence-corrected chi connectivity index (χ4v) is 5.05. The molecule has 2 aliphatic rings. The van der Waals surface area contributed by atoms with Crippen LogP contribution in [-0.4, -0.2) is 34.4 Å². The molecule has 178 valence electrons. The van der Waals surface area contributed by atoms with Gasteiger partial charge in [-0.1, -0.05) is 35.9 Å². The number of likely N-dealkylation sites (tertiary alicyclic amines) is 1. The van der Waals surface area contributed by atoms with E-state index in [1.54, 1.807) is 41.3 Å². The van der Waals surface area contributed by atoms with E-state index in [-0.39, 0.29) is 29.0 Å². The molecule has 35 heavy (non-hydrogen) atoms. The van der Waals surface area contributed by atoms with Gasteiger partial charge in [-0.2, -0.15) is 0 Å². The van der Waals surface area contributed by atoms with Crippen molar-refractivity contribution in [1.82, 2.24) is 14.8 Å². The van der Waals surface area contributed by atoms with Crippen LogP contribution in [-0.2, 0) is 11.3 Å². The highest BCUT2D eigenvalue weighted by molar-refractivity contribution is 6.05. The van der Waals surface area contributed by atoms with Gasteiger partial charge in [0.25, 0.3) is 17.4 Å². The number of piperidine rings is 1. The zero-order valence-corrected chi connectivity index (χ0v) is 19.4. The number of carbonyl (C=O) groups excluding carboxylic acids is 2. The highest BCUT2D eigenvalue weighted by Crippen LogP contribution is 2.35. The minimum atomic E-state index is -0.426. The lowest BCUT2D eigenvalue weighted by atomic mass is 9.83. The molecule has 2 bridgehead atoms. The summed E-state index contributed by atoms with van der Waals surface area (Å²) in [6.07, 6.45) is 2.42. The Morgan fingerprint density at radius 1 is 1.00 bits per heavy atom. The van der Waals surface area contributed by atoms with Crippen LogP contribution in [0.1, 0.15) is 39.5 Å². The average Bonchev–Trinajstić information content (AvgIpc) is 2.84. The lowest BCUT2D eigenvalue weighted by Crippen LogP contribution is -2.50. The quantitative estimate of drug-likeness (QED) is 0.590. The van der Waals surface area contributed by atoms with E-state index in [0.717, 1.165) is 17.7 Å². The van der Waals surface area contributed by atoms with Gasteiger partial charge in [0.2, 0.25) is 0 Å². The van der Waals surface area contributed by atoms with Gasteiger partial charge in [0.1, 0.15) is 11.5 Å². The molecule has 1 aromatic heterocycles. The Hall–Kier alpha value is -4.00. The first-order chi connectivity index (χ1) is 16.9. The van der Waals surface area contributed by atoms with Crippen molar-refractivity contribution in [2.45, 2.75) is 25.8 Å². The van der Waals surface area contributed by atoms with E-state index in [4.69, 9.17) is 0 Å². The Kier molecular flexibility index (Phi) is 6.07. The minimum Gasteiger partial charge on any atom is -0.336 e. The van der Waals surface area contributed by atoms with E-state index in [0.29, 0.717) is 30.8 Å². The van der Waals surface area contributed by atoms with Crippen molar-refractivity contribution in [1.29, 1.82) is 0 Å². The number of fused-ring (bicyclic) bond motifs is 4. The van der Waals surface area contributed by atoms with E-state index < -0.39 is 11.7 Å². The fraction of sp³-hybridized carbons (Fsp3) is 0.250. The number of aromatic nitrogens is 1. The number of nitrogens with one attached hydrogen (secondary N) is 1. The summed E-state index contributed by atoms with van der Waals surface area (Å²) in [5.74, 6) is -0.965. The summed E-state index contributed by atoms with van der Waals surface area (Å²) in [5.41, 5.74) is 2.93. The number of nitrogens with zero attached hydrogens (tertiary/aromatic N) is 2. The van der Waals surface area contributed by atoms with Crippen molar-refractivity contribution in [3.63, 3.8) is 0 Å². The normalized spacial score (nSPS) is 19.1. The average molecular weight is 472 g/mol. The first kappa shape index (κ1) is 22.8. The molecule has 2 aromatic carbocycles. The van der Waals surface area contributed by atoms with Gasteiger partial charge in [-0.3, -0.25) is 14.4 Å². The summed E-state index contributed by atoms with van der Waals surface area (Å²) in [6.45, 7) is 3.42. The number of halogens is 1. The lowest BCUT2D eigenvalue weighted by molar-refractivity contribution is -0.130. The maximum atomic E-state index is 13.8. The SMILES string of the molecule is Cc1ccc(C(=O)N/C(=C\c2cccc(F)c2)C(=O)N2C[C@H]3C[C@@H](C2)c2cccc(=O)n2C3)cc1. The Morgan fingerprint density at radius 3 is 2.54 bits per heavy atom. The van der Waals surface area contributed by atoms with E-state index in [1.807, 2.05) is 29.7 Å². The number of pyridine rings is 1. The predicted molar refractivity (Wildman–Crippen MR) is 131 cm³/mol. The van der Waals surface area contributed by atoms with Crippen LogP contribution in [0.15, 0.2) is 77.2 Å².